The third-order valence-electron chi connectivity index (χ3n) is 4.14. The summed E-state index contributed by atoms with van der Waals surface area (Å²) >= 11 is 0. The summed E-state index contributed by atoms with van der Waals surface area (Å²) in [7, 11) is -3.91. The van der Waals surface area contributed by atoms with Gasteiger partial charge in [-0.25, -0.2) is 21.9 Å². The van der Waals surface area contributed by atoms with E-state index in [4.69, 9.17) is 0 Å². The highest BCUT2D eigenvalue weighted by atomic mass is 32.2. The lowest BCUT2D eigenvalue weighted by Gasteiger charge is -2.11. The van der Waals surface area contributed by atoms with Gasteiger partial charge in [-0.1, -0.05) is 30.3 Å². The minimum Gasteiger partial charge on any atom is -0.246 e. The molecule has 4 atom stereocenters. The second-order valence-corrected chi connectivity index (χ2v) is 7.72. The third-order valence-corrected chi connectivity index (χ3v) is 6.11. The van der Waals surface area contributed by atoms with Crippen LogP contribution in [0.1, 0.15) is 36.4 Å². The Hall–Kier alpha value is -1.83. The molecule has 1 aromatic carbocycles. The maximum Gasteiger partial charge on any atom is 0.267 e. The highest BCUT2D eigenvalue weighted by molar-refractivity contribution is 7.92. The molecule has 1 aromatic heterocycles. The quantitative estimate of drug-likeness (QED) is 0.867. The number of hydrogen-bond donors (Lipinski definition) is 0. The van der Waals surface area contributed by atoms with Gasteiger partial charge in [-0.3, -0.25) is 0 Å². The van der Waals surface area contributed by atoms with Gasteiger partial charge in [0.05, 0.1) is 6.04 Å². The van der Waals surface area contributed by atoms with Crippen LogP contribution in [-0.4, -0.2) is 34.6 Å². The number of aromatic nitrogens is 3. The van der Waals surface area contributed by atoms with E-state index in [0.29, 0.717) is 0 Å². The minimum atomic E-state index is -3.91. The van der Waals surface area contributed by atoms with Crippen molar-refractivity contribution in [2.45, 2.75) is 41.6 Å². The van der Waals surface area contributed by atoms with E-state index in [-0.39, 0.29) is 24.7 Å². The number of halogens is 2. The third kappa shape index (κ3) is 1.97. The molecule has 1 fully saturated rings. The Bertz CT molecular complexity index is 822. The van der Waals surface area contributed by atoms with Gasteiger partial charge in [0.2, 0.25) is 9.84 Å². The Labute approximate surface area is 125 Å². The van der Waals surface area contributed by atoms with Crippen molar-refractivity contribution >= 4 is 9.84 Å². The Morgan fingerprint density at radius 3 is 2.45 bits per heavy atom. The number of hydrogen-bond acceptors (Lipinski definition) is 4. The van der Waals surface area contributed by atoms with Crippen molar-refractivity contribution in [3.05, 3.63) is 41.7 Å². The van der Waals surface area contributed by atoms with Crippen molar-refractivity contribution in [1.29, 1.82) is 0 Å². The fourth-order valence-corrected chi connectivity index (χ4v) is 4.35. The molecule has 0 N–H and O–H groups in total. The van der Waals surface area contributed by atoms with E-state index in [1.807, 2.05) is 30.3 Å². The standard InChI is InChI=1S/C14H13F2N3O2S/c15-9-7-12(9)22(20,21)14-17-13-10(16)6-11(19(13)18-14)8-4-2-1-3-5-8/h1-5,9-12H,6-7H2/t9-,10+,11+,12-/m1/s1. The minimum absolute atomic E-state index is 0.00323. The summed E-state index contributed by atoms with van der Waals surface area (Å²) in [5, 5.41) is 2.44. The molecule has 0 bridgehead atoms. The number of fused-ring (bicyclic) bond motifs is 1. The Morgan fingerprint density at radius 2 is 1.82 bits per heavy atom. The first-order valence-electron chi connectivity index (χ1n) is 7.02. The van der Waals surface area contributed by atoms with Crippen LogP contribution >= 0.6 is 0 Å². The van der Waals surface area contributed by atoms with Crippen LogP contribution in [0, 0.1) is 0 Å². The van der Waals surface area contributed by atoms with Crippen molar-refractivity contribution in [3.63, 3.8) is 0 Å². The second kappa shape index (κ2) is 4.58. The molecule has 2 aromatic rings. The molecule has 0 spiro atoms. The number of nitrogens with zero attached hydrogens (tertiary/aromatic N) is 3. The number of benzene rings is 1. The number of sulfone groups is 1. The molecule has 0 unspecified atom stereocenters. The summed E-state index contributed by atoms with van der Waals surface area (Å²) in [5.41, 5.74) is 0.840. The zero-order chi connectivity index (χ0) is 15.5. The zero-order valence-corrected chi connectivity index (χ0v) is 12.2. The first kappa shape index (κ1) is 13.8. The average Bonchev–Trinajstić information content (AvgIpc) is 2.97. The monoisotopic (exact) mass is 325 g/mol. The topological polar surface area (TPSA) is 64.8 Å². The Balaban J connectivity index is 1.75. The smallest absolute Gasteiger partial charge is 0.246 e. The lowest BCUT2D eigenvalue weighted by Crippen LogP contribution is -2.14. The summed E-state index contributed by atoms with van der Waals surface area (Å²) in [6.07, 6.45) is -2.60. The SMILES string of the molecule is O=S(=O)(c1nc2n(n1)[C@H](c1ccccc1)C[C@@H]2F)[C@@H]1C[C@H]1F. The molecule has 0 radical (unpaired) electrons. The van der Waals surface area contributed by atoms with E-state index >= 15 is 0 Å². The van der Waals surface area contributed by atoms with Crippen molar-refractivity contribution in [2.75, 3.05) is 0 Å². The molecule has 1 aliphatic carbocycles. The van der Waals surface area contributed by atoms with Gasteiger partial charge < -0.3 is 0 Å². The maximum atomic E-state index is 14.2. The molecular formula is C14H13F2N3O2S. The van der Waals surface area contributed by atoms with Crippen molar-refractivity contribution in [1.82, 2.24) is 14.8 Å². The van der Waals surface area contributed by atoms with Crippen LogP contribution in [0.4, 0.5) is 8.78 Å². The molecule has 4 rings (SSSR count). The molecule has 0 amide bonds. The van der Waals surface area contributed by atoms with Gasteiger partial charge in [0, 0.05) is 6.42 Å². The molecule has 1 aliphatic heterocycles. The van der Waals surface area contributed by atoms with Gasteiger partial charge in [0.1, 0.15) is 11.4 Å². The Morgan fingerprint density at radius 1 is 1.14 bits per heavy atom. The van der Waals surface area contributed by atoms with E-state index in [0.717, 1.165) is 5.56 Å². The van der Waals surface area contributed by atoms with Gasteiger partial charge in [-0.15, -0.1) is 5.10 Å². The lowest BCUT2D eigenvalue weighted by molar-refractivity contribution is 0.326. The van der Waals surface area contributed by atoms with Crippen LogP contribution in [0.3, 0.4) is 0 Å². The van der Waals surface area contributed by atoms with E-state index in [1.165, 1.54) is 4.68 Å². The van der Waals surface area contributed by atoms with Gasteiger partial charge in [0.25, 0.3) is 5.16 Å². The molecule has 0 saturated heterocycles. The molecule has 2 aliphatic rings. The van der Waals surface area contributed by atoms with Crippen molar-refractivity contribution < 1.29 is 17.2 Å². The van der Waals surface area contributed by atoms with Crippen molar-refractivity contribution in [3.8, 4) is 0 Å². The van der Waals surface area contributed by atoms with Gasteiger partial charge in [-0.2, -0.15) is 4.98 Å². The van der Waals surface area contributed by atoms with Crippen LogP contribution in [-0.2, 0) is 9.84 Å². The van der Waals surface area contributed by atoms with Crippen LogP contribution in [0.25, 0.3) is 0 Å². The van der Waals surface area contributed by atoms with E-state index < -0.39 is 32.6 Å². The first-order valence-corrected chi connectivity index (χ1v) is 8.56. The highest BCUT2D eigenvalue weighted by Gasteiger charge is 2.51. The van der Waals surface area contributed by atoms with Crippen LogP contribution in [0.5, 0.6) is 0 Å². The number of alkyl halides is 2. The molecule has 1 saturated carbocycles. The summed E-state index contributed by atoms with van der Waals surface area (Å²) < 4.78 is 52.9. The molecule has 2 heterocycles. The summed E-state index contributed by atoms with van der Waals surface area (Å²) in [4.78, 5) is 3.84. The maximum absolute atomic E-state index is 14.2. The van der Waals surface area contributed by atoms with Crippen LogP contribution in [0.15, 0.2) is 35.5 Å². The summed E-state index contributed by atoms with van der Waals surface area (Å²) in [5.74, 6) is 0.00323. The average molecular weight is 325 g/mol. The predicted octanol–water partition coefficient (Wildman–Crippen LogP) is 2.17. The zero-order valence-electron chi connectivity index (χ0n) is 11.4. The molecule has 116 valence electrons. The van der Waals surface area contributed by atoms with Gasteiger partial charge >= 0.3 is 0 Å². The molecule has 8 heteroatoms. The largest absolute Gasteiger partial charge is 0.267 e. The highest BCUT2D eigenvalue weighted by Crippen LogP contribution is 2.41. The molecule has 5 nitrogen and oxygen atoms in total. The van der Waals surface area contributed by atoms with E-state index in [9.17, 15) is 17.2 Å². The van der Waals surface area contributed by atoms with Crippen molar-refractivity contribution in [2.24, 2.45) is 0 Å². The van der Waals surface area contributed by atoms with Gasteiger partial charge in [0.15, 0.2) is 12.0 Å². The normalized spacial score (nSPS) is 30.3. The second-order valence-electron chi connectivity index (χ2n) is 5.66. The summed E-state index contributed by atoms with van der Waals surface area (Å²) in [6.45, 7) is 0. The van der Waals surface area contributed by atoms with E-state index in [2.05, 4.69) is 10.1 Å². The van der Waals surface area contributed by atoms with Crippen LogP contribution in [0.2, 0.25) is 0 Å². The lowest BCUT2D eigenvalue weighted by atomic mass is 10.0. The van der Waals surface area contributed by atoms with Crippen LogP contribution < -0.4 is 0 Å². The molecule has 22 heavy (non-hydrogen) atoms. The van der Waals surface area contributed by atoms with Gasteiger partial charge in [-0.05, 0) is 12.0 Å². The van der Waals surface area contributed by atoms with E-state index in [1.54, 1.807) is 0 Å². The fourth-order valence-electron chi connectivity index (χ4n) is 2.83. The predicted molar refractivity (Wildman–Crippen MR) is 73.6 cm³/mol. The first-order chi connectivity index (χ1) is 10.5. The fraction of sp³-hybridized carbons (Fsp3) is 0.429. The Kier molecular flexibility index (Phi) is 2.87. The summed E-state index contributed by atoms with van der Waals surface area (Å²) in [6, 6.07) is 8.78. The number of rotatable bonds is 3. The molecular weight excluding hydrogens is 312 g/mol.